The van der Waals surface area contributed by atoms with Gasteiger partial charge in [-0.1, -0.05) is 71.9 Å². The summed E-state index contributed by atoms with van der Waals surface area (Å²) in [4.78, 5) is 0. The molecule has 2 saturated carbocycles. The van der Waals surface area contributed by atoms with Crippen molar-refractivity contribution in [3.63, 3.8) is 0 Å². The minimum absolute atomic E-state index is 0.0388. The molecule has 3 aromatic rings. The number of methoxy groups -OCH3 is 3. The van der Waals surface area contributed by atoms with Crippen molar-refractivity contribution in [1.29, 1.82) is 0 Å². The molecular weight excluding hydrogens is 625 g/mol. The molecule has 3 aromatic carbocycles. The van der Waals surface area contributed by atoms with Gasteiger partial charge in [0.15, 0.2) is 0 Å². The maximum Gasteiger partial charge on any atom is 0.127 e. The highest BCUT2D eigenvalue weighted by atomic mass is 16.5. The minimum Gasteiger partial charge on any atom is -0.496 e. The van der Waals surface area contributed by atoms with E-state index in [1.54, 1.807) is 19.8 Å². The summed E-state index contributed by atoms with van der Waals surface area (Å²) in [6.45, 7) is 20.4. The van der Waals surface area contributed by atoms with Crippen LogP contribution in [0.1, 0.15) is 160 Å². The van der Waals surface area contributed by atoms with Crippen molar-refractivity contribution in [3.05, 3.63) is 97.6 Å². The lowest BCUT2D eigenvalue weighted by molar-refractivity contribution is 0.0434. The fourth-order valence-electron chi connectivity index (χ4n) is 10.5. The van der Waals surface area contributed by atoms with Crippen LogP contribution in [0.3, 0.4) is 0 Å². The molecule has 3 heteroatoms. The molecule has 0 aliphatic heterocycles. The third-order valence-corrected chi connectivity index (χ3v) is 14.1. The molecule has 0 heterocycles. The van der Waals surface area contributed by atoms with Crippen molar-refractivity contribution >= 4 is 0 Å². The Labute approximate surface area is 312 Å². The Kier molecular flexibility index (Phi) is 13.2. The van der Waals surface area contributed by atoms with Crippen molar-refractivity contribution in [2.24, 2.45) is 17.3 Å². The molecule has 0 unspecified atom stereocenters. The predicted molar refractivity (Wildman–Crippen MR) is 216 cm³/mol. The van der Waals surface area contributed by atoms with Crippen LogP contribution >= 0.6 is 0 Å². The zero-order chi connectivity index (χ0) is 36.9. The summed E-state index contributed by atoms with van der Waals surface area (Å²) in [5.74, 6) is 3.15. The molecule has 0 saturated heterocycles. The first-order valence-corrected chi connectivity index (χ1v) is 20.4. The first-order valence-electron chi connectivity index (χ1n) is 20.4. The molecule has 0 radical (unpaired) electrons. The van der Waals surface area contributed by atoms with Crippen LogP contribution in [0.2, 0.25) is 0 Å². The Balaban J connectivity index is 1.42. The zero-order valence-corrected chi connectivity index (χ0v) is 34.3. The van der Waals surface area contributed by atoms with Crippen molar-refractivity contribution < 1.29 is 14.2 Å². The van der Waals surface area contributed by atoms with Gasteiger partial charge < -0.3 is 14.2 Å². The smallest absolute Gasteiger partial charge is 0.127 e. The molecule has 0 amide bonds. The van der Waals surface area contributed by atoms with Gasteiger partial charge in [0.05, 0.1) is 20.3 Å². The number of rotatable bonds is 14. The van der Waals surface area contributed by atoms with E-state index in [1.165, 1.54) is 107 Å². The van der Waals surface area contributed by atoms with Crippen LogP contribution in [0.15, 0.2) is 36.4 Å². The molecule has 0 spiro atoms. The maximum absolute atomic E-state index is 5.84. The Morgan fingerprint density at radius 2 is 1.00 bits per heavy atom. The van der Waals surface area contributed by atoms with Gasteiger partial charge in [-0.15, -0.1) is 0 Å². The second-order valence-corrected chi connectivity index (χ2v) is 16.7. The van der Waals surface area contributed by atoms with Gasteiger partial charge in [-0.3, -0.25) is 0 Å². The molecule has 280 valence electrons. The summed E-state index contributed by atoms with van der Waals surface area (Å²) < 4.78 is 17.2. The fourth-order valence-corrected chi connectivity index (χ4v) is 10.5. The zero-order valence-electron chi connectivity index (χ0n) is 34.3. The largest absolute Gasteiger partial charge is 0.496 e. The molecule has 2 fully saturated rings. The first kappa shape index (κ1) is 39.6. The van der Waals surface area contributed by atoms with Crippen LogP contribution in [-0.4, -0.2) is 21.3 Å². The first-order chi connectivity index (χ1) is 24.5. The quantitative estimate of drug-likeness (QED) is 0.168. The Bertz CT molecular complexity index is 1590. The lowest BCUT2D eigenvalue weighted by atomic mass is 9.54. The average molecular weight is 695 g/mol. The lowest BCUT2D eigenvalue weighted by Crippen LogP contribution is -2.41. The van der Waals surface area contributed by atoms with E-state index in [0.717, 1.165) is 43.3 Å². The van der Waals surface area contributed by atoms with Gasteiger partial charge in [-0.05, 0) is 176 Å². The molecule has 2 aliphatic carbocycles. The highest BCUT2D eigenvalue weighted by molar-refractivity contribution is 5.51. The summed E-state index contributed by atoms with van der Waals surface area (Å²) in [6, 6.07) is 15.1. The van der Waals surface area contributed by atoms with Crippen LogP contribution in [0.5, 0.6) is 5.75 Å². The van der Waals surface area contributed by atoms with E-state index in [1.807, 2.05) is 7.11 Å². The van der Waals surface area contributed by atoms with Crippen molar-refractivity contribution in [2.75, 3.05) is 21.3 Å². The minimum atomic E-state index is 0.0388. The van der Waals surface area contributed by atoms with Gasteiger partial charge in [0.1, 0.15) is 5.75 Å². The molecule has 0 aromatic heterocycles. The van der Waals surface area contributed by atoms with E-state index >= 15 is 0 Å². The van der Waals surface area contributed by atoms with Gasteiger partial charge in [-0.25, -0.2) is 0 Å². The van der Waals surface area contributed by atoms with Crippen LogP contribution < -0.4 is 4.74 Å². The van der Waals surface area contributed by atoms with E-state index in [9.17, 15) is 0 Å². The number of hydrogen-bond acceptors (Lipinski definition) is 3. The van der Waals surface area contributed by atoms with Crippen LogP contribution in [0, 0.1) is 31.1 Å². The summed E-state index contributed by atoms with van der Waals surface area (Å²) in [7, 11) is 5.42. The Morgan fingerprint density at radius 3 is 1.47 bits per heavy atom. The number of hydrogen-bond donors (Lipinski definition) is 0. The summed E-state index contributed by atoms with van der Waals surface area (Å²) in [6.07, 6.45) is 14.4. The number of aryl methyl sites for hydroxylation is 4. The van der Waals surface area contributed by atoms with Crippen LogP contribution in [-0.2, 0) is 53.8 Å². The fraction of sp³-hybridized carbons (Fsp3) is 0.625. The van der Waals surface area contributed by atoms with E-state index in [4.69, 9.17) is 14.2 Å². The Morgan fingerprint density at radius 1 is 0.569 bits per heavy atom. The second-order valence-electron chi connectivity index (χ2n) is 16.7. The molecule has 51 heavy (non-hydrogen) atoms. The molecule has 0 bridgehead atoms. The van der Waals surface area contributed by atoms with Crippen molar-refractivity contribution in [3.8, 4) is 5.75 Å². The van der Waals surface area contributed by atoms with Gasteiger partial charge >= 0.3 is 0 Å². The van der Waals surface area contributed by atoms with Gasteiger partial charge in [0.25, 0.3) is 0 Å². The Hall–Kier alpha value is -2.62. The van der Waals surface area contributed by atoms with Crippen molar-refractivity contribution in [1.82, 2.24) is 0 Å². The second kappa shape index (κ2) is 17.0. The van der Waals surface area contributed by atoms with E-state index in [-0.39, 0.29) is 5.41 Å². The monoisotopic (exact) mass is 695 g/mol. The predicted octanol–water partition coefficient (Wildman–Crippen LogP) is 12.3. The van der Waals surface area contributed by atoms with Gasteiger partial charge in [0.2, 0.25) is 0 Å². The molecule has 2 aliphatic rings. The maximum atomic E-state index is 5.84. The normalized spacial score (nSPS) is 22.7. The van der Waals surface area contributed by atoms with Gasteiger partial charge in [-0.2, -0.15) is 0 Å². The van der Waals surface area contributed by atoms with Crippen molar-refractivity contribution in [2.45, 2.75) is 157 Å². The SMILES string of the molecule is CCc1cc(C2(c3cc(CC)c(C)c(COC)c3)CCC(C(C)(C)C3CCC(c4cc(CC)c(OC)c(COC)c4)CC3)CC2)cc(CC)c1C. The summed E-state index contributed by atoms with van der Waals surface area (Å²) >= 11 is 0. The number of benzene rings is 3. The van der Waals surface area contributed by atoms with Crippen LogP contribution in [0.25, 0.3) is 0 Å². The topological polar surface area (TPSA) is 27.7 Å². The lowest BCUT2D eigenvalue weighted by Gasteiger charge is -2.50. The molecule has 0 atom stereocenters. The molecule has 5 rings (SSSR count). The average Bonchev–Trinajstić information content (AvgIpc) is 3.15. The van der Waals surface area contributed by atoms with E-state index < -0.39 is 0 Å². The highest BCUT2D eigenvalue weighted by Crippen LogP contribution is 2.56. The highest BCUT2D eigenvalue weighted by Gasteiger charge is 2.46. The van der Waals surface area contributed by atoms with E-state index in [0.29, 0.717) is 24.5 Å². The molecule has 0 N–H and O–H groups in total. The molecular formula is C48H70O3. The van der Waals surface area contributed by atoms with Crippen LogP contribution in [0.4, 0.5) is 0 Å². The number of ether oxygens (including phenoxy) is 3. The third-order valence-electron chi connectivity index (χ3n) is 14.1. The summed E-state index contributed by atoms with van der Waals surface area (Å²) in [5.41, 5.74) is 16.3. The molecule has 3 nitrogen and oxygen atoms in total. The standard InChI is InChI=1S/C48H70O3/c1-12-34-26-44(27-35(13-2)32(34)5)48(45-28-36(14-3)33(6)40(29-45)30-49-9)22-20-43(21-23-48)47(7,8)42-18-16-38(17-19-42)39-24-37(15-4)46(51-11)41(25-39)31-50-10/h24-29,38,42-43H,12-23,30-31H2,1-11H3. The van der Waals surface area contributed by atoms with Gasteiger partial charge in [0, 0.05) is 25.2 Å². The summed E-state index contributed by atoms with van der Waals surface area (Å²) in [5, 5.41) is 0. The third kappa shape index (κ3) is 7.87. The van der Waals surface area contributed by atoms with E-state index in [2.05, 4.69) is 91.8 Å².